The molecule has 2 aliphatic heterocycles. The largest absolute Gasteiger partial charge is 0.450 e. The molecule has 0 bridgehead atoms. The highest BCUT2D eigenvalue weighted by Gasteiger charge is 2.31. The predicted molar refractivity (Wildman–Crippen MR) is 73.2 cm³/mol. The highest BCUT2D eigenvalue weighted by Crippen LogP contribution is 2.24. The van der Waals surface area contributed by atoms with Crippen LogP contribution in [0.4, 0.5) is 4.79 Å². The van der Waals surface area contributed by atoms with Gasteiger partial charge in [-0.05, 0) is 39.5 Å². The molecule has 1 N–H and O–H groups in total. The van der Waals surface area contributed by atoms with E-state index in [0.29, 0.717) is 12.6 Å². The van der Waals surface area contributed by atoms with Crippen LogP contribution in [0.1, 0.15) is 39.5 Å². The van der Waals surface area contributed by atoms with Crippen molar-refractivity contribution in [2.75, 3.05) is 32.8 Å². The van der Waals surface area contributed by atoms with Gasteiger partial charge >= 0.3 is 6.09 Å². The lowest BCUT2D eigenvalue weighted by Gasteiger charge is -2.34. The lowest BCUT2D eigenvalue weighted by atomic mass is 10.0. The van der Waals surface area contributed by atoms with Crippen LogP contribution in [-0.2, 0) is 9.47 Å². The summed E-state index contributed by atoms with van der Waals surface area (Å²) < 4.78 is 10.8. The van der Waals surface area contributed by atoms with Crippen molar-refractivity contribution in [1.29, 1.82) is 0 Å². The molecule has 2 saturated heterocycles. The fourth-order valence-corrected chi connectivity index (χ4v) is 2.82. The summed E-state index contributed by atoms with van der Waals surface area (Å²) in [4.78, 5) is 13.4. The number of amides is 1. The number of likely N-dealkylation sites (tertiary alicyclic amines) is 1. The van der Waals surface area contributed by atoms with Gasteiger partial charge in [0.2, 0.25) is 0 Å². The van der Waals surface area contributed by atoms with E-state index in [1.54, 1.807) is 4.90 Å². The second-order valence-corrected chi connectivity index (χ2v) is 5.74. The minimum absolute atomic E-state index is 0.0122. The maximum atomic E-state index is 11.6. The Balaban J connectivity index is 1.67. The van der Waals surface area contributed by atoms with Crippen molar-refractivity contribution in [1.82, 2.24) is 10.2 Å². The van der Waals surface area contributed by atoms with Crippen LogP contribution in [0.2, 0.25) is 0 Å². The highest BCUT2D eigenvalue weighted by molar-refractivity contribution is 5.67. The molecule has 19 heavy (non-hydrogen) atoms. The van der Waals surface area contributed by atoms with Crippen LogP contribution >= 0.6 is 0 Å². The average molecular weight is 270 g/mol. The normalized spacial score (nSPS) is 28.6. The summed E-state index contributed by atoms with van der Waals surface area (Å²) in [5, 5.41) is 3.59. The SMILES string of the molecule is CCOC(=O)N1CCC(NCC2(C)CCCO2)CC1. The number of hydrogen-bond acceptors (Lipinski definition) is 4. The van der Waals surface area contributed by atoms with Gasteiger partial charge in [0.15, 0.2) is 0 Å². The molecule has 0 aromatic carbocycles. The van der Waals surface area contributed by atoms with Gasteiger partial charge in [0.25, 0.3) is 0 Å². The van der Waals surface area contributed by atoms with Crippen molar-refractivity contribution < 1.29 is 14.3 Å². The van der Waals surface area contributed by atoms with Crippen LogP contribution in [0.3, 0.4) is 0 Å². The zero-order chi connectivity index (χ0) is 13.7. The monoisotopic (exact) mass is 270 g/mol. The Morgan fingerprint density at radius 1 is 1.47 bits per heavy atom. The van der Waals surface area contributed by atoms with Gasteiger partial charge in [-0.1, -0.05) is 0 Å². The Bertz CT molecular complexity index is 295. The van der Waals surface area contributed by atoms with Crippen molar-refractivity contribution in [2.24, 2.45) is 0 Å². The van der Waals surface area contributed by atoms with E-state index in [9.17, 15) is 4.79 Å². The van der Waals surface area contributed by atoms with Crippen LogP contribution in [0.25, 0.3) is 0 Å². The van der Waals surface area contributed by atoms with Gasteiger partial charge in [-0.2, -0.15) is 0 Å². The summed E-state index contributed by atoms with van der Waals surface area (Å²) in [7, 11) is 0. The van der Waals surface area contributed by atoms with E-state index >= 15 is 0 Å². The third-order valence-electron chi connectivity index (χ3n) is 4.09. The Labute approximate surface area is 115 Å². The first-order valence-corrected chi connectivity index (χ1v) is 7.42. The topological polar surface area (TPSA) is 50.8 Å². The molecule has 0 aromatic heterocycles. The first kappa shape index (κ1) is 14.6. The van der Waals surface area contributed by atoms with Crippen LogP contribution < -0.4 is 5.32 Å². The molecule has 110 valence electrons. The van der Waals surface area contributed by atoms with Gasteiger partial charge in [0, 0.05) is 32.3 Å². The van der Waals surface area contributed by atoms with Crippen molar-refractivity contribution in [3.8, 4) is 0 Å². The number of rotatable bonds is 4. The zero-order valence-corrected chi connectivity index (χ0v) is 12.1. The molecule has 0 saturated carbocycles. The fourth-order valence-electron chi connectivity index (χ4n) is 2.82. The maximum absolute atomic E-state index is 11.6. The van der Waals surface area contributed by atoms with Gasteiger partial charge in [0.1, 0.15) is 0 Å². The fraction of sp³-hybridized carbons (Fsp3) is 0.929. The van der Waals surface area contributed by atoms with E-state index in [0.717, 1.165) is 45.5 Å². The Morgan fingerprint density at radius 2 is 2.21 bits per heavy atom. The number of ether oxygens (including phenoxy) is 2. The number of nitrogens with zero attached hydrogens (tertiary/aromatic N) is 1. The summed E-state index contributed by atoms with van der Waals surface area (Å²) in [6, 6.07) is 0.492. The molecule has 5 heteroatoms. The number of carbonyl (C=O) groups is 1. The van der Waals surface area contributed by atoms with Gasteiger partial charge in [-0.25, -0.2) is 4.79 Å². The van der Waals surface area contributed by atoms with E-state index in [-0.39, 0.29) is 11.7 Å². The Kier molecular flexibility index (Phi) is 5.05. The van der Waals surface area contributed by atoms with Crippen molar-refractivity contribution >= 4 is 6.09 Å². The molecule has 0 spiro atoms. The van der Waals surface area contributed by atoms with Crippen LogP contribution in [0, 0.1) is 0 Å². The first-order valence-electron chi connectivity index (χ1n) is 7.42. The number of carbonyl (C=O) groups excluding carboxylic acids is 1. The molecule has 1 atom stereocenters. The predicted octanol–water partition coefficient (Wildman–Crippen LogP) is 1.77. The summed E-state index contributed by atoms with van der Waals surface area (Å²) in [5.41, 5.74) is 0.0122. The highest BCUT2D eigenvalue weighted by atomic mass is 16.6. The van der Waals surface area contributed by atoms with Crippen molar-refractivity contribution in [3.05, 3.63) is 0 Å². The van der Waals surface area contributed by atoms with Crippen LogP contribution in [0.15, 0.2) is 0 Å². The molecule has 5 nitrogen and oxygen atoms in total. The van der Waals surface area contributed by atoms with Crippen molar-refractivity contribution in [3.63, 3.8) is 0 Å². The Hall–Kier alpha value is -0.810. The van der Waals surface area contributed by atoms with Gasteiger partial charge < -0.3 is 19.7 Å². The number of nitrogens with one attached hydrogen (secondary N) is 1. The lowest BCUT2D eigenvalue weighted by Crippen LogP contribution is -2.48. The molecule has 0 aromatic rings. The zero-order valence-electron chi connectivity index (χ0n) is 12.1. The lowest BCUT2D eigenvalue weighted by molar-refractivity contribution is 0.0165. The molecule has 0 radical (unpaired) electrons. The van der Waals surface area contributed by atoms with Crippen molar-refractivity contribution in [2.45, 2.75) is 51.2 Å². The average Bonchev–Trinajstić information content (AvgIpc) is 2.85. The van der Waals surface area contributed by atoms with E-state index in [1.165, 1.54) is 6.42 Å². The minimum atomic E-state index is -0.174. The summed E-state index contributed by atoms with van der Waals surface area (Å²) in [6.07, 6.45) is 4.12. The molecule has 2 aliphatic rings. The van der Waals surface area contributed by atoms with Gasteiger partial charge in [-0.3, -0.25) is 0 Å². The van der Waals surface area contributed by atoms with E-state index < -0.39 is 0 Å². The van der Waals surface area contributed by atoms with Crippen LogP contribution in [0.5, 0.6) is 0 Å². The summed E-state index contributed by atoms with van der Waals surface area (Å²) in [6.45, 7) is 7.85. The molecular weight excluding hydrogens is 244 g/mol. The molecular formula is C14H26N2O3. The third-order valence-corrected chi connectivity index (χ3v) is 4.09. The van der Waals surface area contributed by atoms with Gasteiger partial charge in [-0.15, -0.1) is 0 Å². The van der Waals surface area contributed by atoms with E-state index in [1.807, 2.05) is 6.92 Å². The number of hydrogen-bond donors (Lipinski definition) is 1. The molecule has 2 rings (SSSR count). The standard InChI is InChI=1S/C14H26N2O3/c1-3-18-13(17)16-8-5-12(6-9-16)15-11-14(2)7-4-10-19-14/h12,15H,3-11H2,1-2H3. The molecule has 2 heterocycles. The molecule has 0 aliphatic carbocycles. The molecule has 1 unspecified atom stereocenters. The third kappa shape index (κ3) is 4.08. The second kappa shape index (κ2) is 6.57. The van der Waals surface area contributed by atoms with E-state index in [4.69, 9.17) is 9.47 Å². The number of piperidine rings is 1. The molecule has 2 fully saturated rings. The Morgan fingerprint density at radius 3 is 2.79 bits per heavy atom. The van der Waals surface area contributed by atoms with Crippen LogP contribution in [-0.4, -0.2) is 55.5 Å². The first-order chi connectivity index (χ1) is 9.13. The maximum Gasteiger partial charge on any atom is 0.409 e. The summed E-state index contributed by atoms with van der Waals surface area (Å²) in [5.74, 6) is 0. The quantitative estimate of drug-likeness (QED) is 0.846. The smallest absolute Gasteiger partial charge is 0.409 e. The minimum Gasteiger partial charge on any atom is -0.450 e. The van der Waals surface area contributed by atoms with Gasteiger partial charge in [0.05, 0.1) is 12.2 Å². The molecule has 1 amide bonds. The summed E-state index contributed by atoms with van der Waals surface area (Å²) >= 11 is 0. The second-order valence-electron chi connectivity index (χ2n) is 5.74. The van der Waals surface area contributed by atoms with E-state index in [2.05, 4.69) is 12.2 Å².